The first-order valence-electron chi connectivity index (χ1n) is 10.6. The second-order valence-electron chi connectivity index (χ2n) is 8.67. The Morgan fingerprint density at radius 2 is 1.87 bits per heavy atom. The molecule has 2 heterocycles. The summed E-state index contributed by atoms with van der Waals surface area (Å²) in [5.74, 6) is 0.456. The maximum absolute atomic E-state index is 13.1. The van der Waals surface area contributed by atoms with Crippen molar-refractivity contribution >= 4 is 11.9 Å². The summed E-state index contributed by atoms with van der Waals surface area (Å²) in [7, 11) is 0. The average molecular weight is 432 g/mol. The Morgan fingerprint density at radius 1 is 1.13 bits per heavy atom. The Balaban J connectivity index is 1.27. The van der Waals surface area contributed by atoms with Gasteiger partial charge in [-0.05, 0) is 68.9 Å². The van der Waals surface area contributed by atoms with Gasteiger partial charge in [-0.1, -0.05) is 0 Å². The fourth-order valence-electron chi connectivity index (χ4n) is 4.42. The molecule has 6 nitrogen and oxygen atoms in total. The summed E-state index contributed by atoms with van der Waals surface area (Å²) in [5.41, 5.74) is 1.19. The number of nitrogens with one attached hydrogen (secondary N) is 1. The predicted molar refractivity (Wildman–Crippen MR) is 107 cm³/mol. The summed E-state index contributed by atoms with van der Waals surface area (Å²) in [4.78, 5) is 24.0. The molecule has 1 saturated heterocycles. The minimum Gasteiger partial charge on any atom is -0.406 e. The van der Waals surface area contributed by atoms with E-state index in [1.54, 1.807) is 6.20 Å². The number of hydrogen-bond donors (Lipinski definition) is 1. The monoisotopic (exact) mass is 432 g/mol. The zero-order chi connectivity index (χ0) is 21.6. The Kier molecular flexibility index (Phi) is 4.79. The second-order valence-corrected chi connectivity index (χ2v) is 8.67. The highest BCUT2D eigenvalue weighted by atomic mass is 19.4. The highest BCUT2D eigenvalue weighted by molar-refractivity contribution is 5.95. The Bertz CT molecular complexity index is 971. The minimum atomic E-state index is -4.75. The van der Waals surface area contributed by atoms with Crippen molar-refractivity contribution < 1.29 is 22.7 Å². The van der Waals surface area contributed by atoms with Crippen molar-refractivity contribution in [1.29, 1.82) is 0 Å². The number of halogens is 3. The topological polar surface area (TPSA) is 67.3 Å². The van der Waals surface area contributed by atoms with Crippen LogP contribution in [0.3, 0.4) is 0 Å². The lowest BCUT2D eigenvalue weighted by Gasteiger charge is -2.40. The highest BCUT2D eigenvalue weighted by Gasteiger charge is 2.53. The Hall–Kier alpha value is -2.84. The molecule has 3 aliphatic rings. The maximum Gasteiger partial charge on any atom is 0.573 e. The number of anilines is 1. The number of benzene rings is 1. The van der Waals surface area contributed by atoms with E-state index < -0.39 is 6.36 Å². The molecule has 1 aliphatic heterocycles. The molecule has 2 aromatic rings. The molecule has 1 unspecified atom stereocenters. The van der Waals surface area contributed by atoms with Crippen molar-refractivity contribution in [2.24, 2.45) is 0 Å². The molecular weight excluding hydrogens is 409 g/mol. The van der Waals surface area contributed by atoms with E-state index in [1.165, 1.54) is 24.3 Å². The fourth-order valence-corrected chi connectivity index (χ4v) is 4.42. The van der Waals surface area contributed by atoms with Crippen LogP contribution < -0.4 is 10.1 Å². The lowest BCUT2D eigenvalue weighted by molar-refractivity contribution is -0.274. The molecule has 2 saturated carbocycles. The van der Waals surface area contributed by atoms with Gasteiger partial charge in [0.05, 0.1) is 0 Å². The molecule has 31 heavy (non-hydrogen) atoms. The van der Waals surface area contributed by atoms with E-state index in [-0.39, 0.29) is 23.1 Å². The summed E-state index contributed by atoms with van der Waals surface area (Å²) in [6, 6.07) is 7.59. The van der Waals surface area contributed by atoms with Gasteiger partial charge in [0.1, 0.15) is 5.75 Å². The lowest BCUT2D eigenvalue weighted by atomic mass is 9.86. The molecule has 3 fully saturated rings. The van der Waals surface area contributed by atoms with Crippen molar-refractivity contribution in [2.45, 2.75) is 62.4 Å². The van der Waals surface area contributed by atoms with Crippen molar-refractivity contribution in [1.82, 2.24) is 14.9 Å². The molecule has 0 bridgehead atoms. The summed E-state index contributed by atoms with van der Waals surface area (Å²) in [6.45, 7) is 0.597. The SMILES string of the molecule is O=C(c1ccc(OC(F)(F)F)cc1)N1CCC(c2ccnc(NC3CC3)n2)CC12CC2. The molecule has 1 atom stereocenters. The van der Waals surface area contributed by atoms with Crippen LogP contribution in [-0.2, 0) is 0 Å². The van der Waals surface area contributed by atoms with Crippen molar-refractivity contribution in [3.63, 3.8) is 0 Å². The number of ether oxygens (including phenoxy) is 1. The Morgan fingerprint density at radius 3 is 2.52 bits per heavy atom. The first-order chi connectivity index (χ1) is 14.8. The normalized spacial score (nSPS) is 22.3. The first-order valence-corrected chi connectivity index (χ1v) is 10.6. The Labute approximate surface area is 177 Å². The smallest absolute Gasteiger partial charge is 0.406 e. The molecule has 164 valence electrons. The molecule has 0 radical (unpaired) electrons. The molecular formula is C22H23F3N4O2. The largest absolute Gasteiger partial charge is 0.573 e. The van der Waals surface area contributed by atoms with Crippen molar-refractivity contribution in [2.75, 3.05) is 11.9 Å². The van der Waals surface area contributed by atoms with Crippen LogP contribution in [-0.4, -0.2) is 45.3 Å². The number of nitrogens with zero attached hydrogens (tertiary/aromatic N) is 3. The summed E-state index contributed by atoms with van der Waals surface area (Å²) >= 11 is 0. The molecule has 1 N–H and O–H groups in total. The third kappa shape index (κ3) is 4.45. The number of carbonyl (C=O) groups is 1. The van der Waals surface area contributed by atoms with Gasteiger partial charge in [-0.15, -0.1) is 13.2 Å². The molecule has 1 aromatic carbocycles. The van der Waals surface area contributed by atoms with Crippen LogP contribution in [0.1, 0.15) is 60.5 Å². The van der Waals surface area contributed by atoms with Gasteiger partial charge in [0.2, 0.25) is 5.95 Å². The van der Waals surface area contributed by atoms with Crippen LogP contribution in [0.15, 0.2) is 36.5 Å². The van der Waals surface area contributed by atoms with Crippen LogP contribution in [0.2, 0.25) is 0 Å². The van der Waals surface area contributed by atoms with E-state index in [0.717, 1.165) is 44.2 Å². The minimum absolute atomic E-state index is 0.145. The molecule has 2 aliphatic carbocycles. The second kappa shape index (κ2) is 7.39. The van der Waals surface area contributed by atoms with Gasteiger partial charge in [-0.25, -0.2) is 9.97 Å². The van der Waals surface area contributed by atoms with Gasteiger partial charge in [0, 0.05) is 41.5 Å². The van der Waals surface area contributed by atoms with Gasteiger partial charge in [0.15, 0.2) is 0 Å². The van der Waals surface area contributed by atoms with Crippen molar-refractivity contribution in [3.8, 4) is 5.75 Å². The molecule has 1 aromatic heterocycles. The molecule has 1 spiro atoms. The van der Waals surface area contributed by atoms with Crippen molar-refractivity contribution in [3.05, 3.63) is 47.8 Å². The standard InChI is InChI=1S/C22H23F3N4O2/c23-22(24,25)31-17-5-1-14(2-6-17)19(30)29-12-8-15(13-21(29)9-10-21)18-7-11-26-20(28-18)27-16-3-4-16/h1-2,5-7,11,15-16H,3-4,8-10,12-13H2,(H,26,27,28). The van der Waals surface area contributed by atoms with E-state index in [0.29, 0.717) is 24.1 Å². The third-order valence-electron chi connectivity index (χ3n) is 6.31. The maximum atomic E-state index is 13.1. The van der Waals surface area contributed by atoms with E-state index in [2.05, 4.69) is 15.0 Å². The zero-order valence-electron chi connectivity index (χ0n) is 16.9. The number of carbonyl (C=O) groups excluding carboxylic acids is 1. The van der Waals surface area contributed by atoms with Gasteiger partial charge >= 0.3 is 6.36 Å². The quantitative estimate of drug-likeness (QED) is 0.754. The van der Waals surface area contributed by atoms with E-state index in [1.807, 2.05) is 11.0 Å². The van der Waals surface area contributed by atoms with E-state index >= 15 is 0 Å². The number of rotatable bonds is 5. The third-order valence-corrected chi connectivity index (χ3v) is 6.31. The number of piperidine rings is 1. The van der Waals surface area contributed by atoms with Gasteiger partial charge in [-0.3, -0.25) is 4.79 Å². The van der Waals surface area contributed by atoms with Crippen LogP contribution >= 0.6 is 0 Å². The number of hydrogen-bond acceptors (Lipinski definition) is 5. The van der Waals surface area contributed by atoms with E-state index in [4.69, 9.17) is 4.98 Å². The number of likely N-dealkylation sites (tertiary alicyclic amines) is 1. The predicted octanol–water partition coefficient (Wildman–Crippen LogP) is 4.50. The van der Waals surface area contributed by atoms with Crippen LogP contribution in [0.5, 0.6) is 5.75 Å². The van der Waals surface area contributed by atoms with Crippen LogP contribution in [0.4, 0.5) is 19.1 Å². The number of aromatic nitrogens is 2. The number of alkyl halides is 3. The number of amides is 1. The van der Waals surface area contributed by atoms with Gasteiger partial charge < -0.3 is 15.0 Å². The zero-order valence-corrected chi connectivity index (χ0v) is 16.9. The first kappa shape index (κ1) is 20.1. The van der Waals surface area contributed by atoms with Gasteiger partial charge in [0.25, 0.3) is 5.91 Å². The highest BCUT2D eigenvalue weighted by Crippen LogP contribution is 2.52. The molecule has 1 amide bonds. The summed E-state index contributed by atoms with van der Waals surface area (Å²) in [6.07, 6.45) is 2.85. The summed E-state index contributed by atoms with van der Waals surface area (Å²) < 4.78 is 41.0. The molecule has 9 heteroatoms. The van der Waals surface area contributed by atoms with Crippen LogP contribution in [0, 0.1) is 0 Å². The lowest BCUT2D eigenvalue weighted by Crippen LogP contribution is -2.47. The summed E-state index contributed by atoms with van der Waals surface area (Å²) in [5, 5.41) is 3.33. The fraction of sp³-hybridized carbons (Fsp3) is 0.500. The van der Waals surface area contributed by atoms with Gasteiger partial charge in [-0.2, -0.15) is 0 Å². The van der Waals surface area contributed by atoms with Crippen LogP contribution in [0.25, 0.3) is 0 Å². The van der Waals surface area contributed by atoms with E-state index in [9.17, 15) is 18.0 Å². The average Bonchev–Trinajstić information content (AvgIpc) is 3.66. The molecule has 5 rings (SSSR count).